The molecule has 0 aliphatic carbocycles. The van der Waals surface area contributed by atoms with Crippen LogP contribution in [0.4, 0.5) is 18.0 Å². The zero-order chi connectivity index (χ0) is 26.4. The van der Waals surface area contributed by atoms with Gasteiger partial charge in [-0.05, 0) is 41.3 Å². The number of fused-ring (bicyclic) bond motifs is 1. The topological polar surface area (TPSA) is 85.4 Å². The Kier molecular flexibility index (Phi) is 7.81. The fraction of sp³-hybridized carbons (Fsp3) is 0.214. The number of para-hydroxylation sites is 1. The van der Waals surface area contributed by atoms with E-state index < -0.39 is 23.8 Å². The molecule has 3 N–H and O–H groups in total. The van der Waals surface area contributed by atoms with Gasteiger partial charge >= 0.3 is 12.3 Å². The molecule has 0 radical (unpaired) electrons. The first-order valence-electron chi connectivity index (χ1n) is 11.7. The highest BCUT2D eigenvalue weighted by Crippen LogP contribution is 2.29. The Bertz CT molecular complexity index is 1350. The second-order valence-electron chi connectivity index (χ2n) is 8.82. The van der Waals surface area contributed by atoms with Crippen LogP contribution >= 0.6 is 0 Å². The zero-order valence-corrected chi connectivity index (χ0v) is 19.8. The highest BCUT2D eigenvalue weighted by atomic mass is 19.4. The van der Waals surface area contributed by atoms with Gasteiger partial charge in [-0.3, -0.25) is 4.79 Å². The highest BCUT2D eigenvalue weighted by Gasteiger charge is 2.30. The molecule has 0 spiro atoms. The molecule has 1 atom stereocenters. The first-order chi connectivity index (χ1) is 17.7. The van der Waals surface area contributed by atoms with E-state index in [-0.39, 0.29) is 32.0 Å². The van der Waals surface area contributed by atoms with Crippen LogP contribution in [-0.4, -0.2) is 33.5 Å². The molecule has 4 rings (SSSR count). The van der Waals surface area contributed by atoms with Crippen LogP contribution in [0.2, 0.25) is 0 Å². The van der Waals surface area contributed by atoms with Gasteiger partial charge in [-0.2, -0.15) is 13.2 Å². The van der Waals surface area contributed by atoms with Crippen molar-refractivity contribution in [2.24, 2.45) is 5.92 Å². The fourth-order valence-electron chi connectivity index (χ4n) is 4.23. The van der Waals surface area contributed by atoms with Crippen LogP contribution in [0.15, 0.2) is 85.1 Å². The molecule has 1 heterocycles. The number of nitrogens with one attached hydrogen (secondary N) is 2. The largest absolute Gasteiger partial charge is 0.465 e. The van der Waals surface area contributed by atoms with Gasteiger partial charge in [0.05, 0.1) is 11.5 Å². The lowest BCUT2D eigenvalue weighted by Gasteiger charge is -2.25. The molecular formula is C28H26F3N3O3. The molecule has 1 aromatic heterocycles. The highest BCUT2D eigenvalue weighted by molar-refractivity contribution is 5.85. The molecule has 37 heavy (non-hydrogen) atoms. The molecule has 2 amide bonds. The molecule has 6 nitrogen and oxygen atoms in total. The molecule has 9 heteroatoms. The number of nitrogens with zero attached hydrogens (tertiary/aromatic N) is 1. The van der Waals surface area contributed by atoms with Gasteiger partial charge < -0.3 is 20.3 Å². The van der Waals surface area contributed by atoms with Gasteiger partial charge in [-0.25, -0.2) is 4.79 Å². The SMILES string of the molecule is O=C(NCc1ccc(C(F)(F)F)cc1)[C@@H](Cc1c[nH]c2ccccc12)CN(Cc1ccccc1)C(=O)O. The second-order valence-corrected chi connectivity index (χ2v) is 8.82. The normalized spacial score (nSPS) is 12.3. The van der Waals surface area contributed by atoms with Crippen LogP contribution in [0.3, 0.4) is 0 Å². The minimum Gasteiger partial charge on any atom is -0.465 e. The Morgan fingerprint density at radius 2 is 1.59 bits per heavy atom. The molecule has 0 fully saturated rings. The van der Waals surface area contributed by atoms with Crippen LogP contribution in [-0.2, 0) is 30.5 Å². The van der Waals surface area contributed by atoms with E-state index in [1.807, 2.05) is 60.8 Å². The van der Waals surface area contributed by atoms with Gasteiger partial charge in [-0.15, -0.1) is 0 Å². The van der Waals surface area contributed by atoms with Crippen molar-refractivity contribution in [1.29, 1.82) is 0 Å². The molecule has 0 bridgehead atoms. The van der Waals surface area contributed by atoms with Crippen LogP contribution in [0.1, 0.15) is 22.3 Å². The average molecular weight is 510 g/mol. The number of carbonyl (C=O) groups is 2. The number of hydrogen-bond donors (Lipinski definition) is 3. The summed E-state index contributed by atoms with van der Waals surface area (Å²) in [5.74, 6) is -1.11. The molecule has 192 valence electrons. The van der Waals surface area contributed by atoms with Crippen molar-refractivity contribution in [3.05, 3.63) is 107 Å². The monoisotopic (exact) mass is 509 g/mol. The number of halogens is 3. The maximum atomic E-state index is 13.3. The lowest BCUT2D eigenvalue weighted by Crippen LogP contribution is -2.41. The van der Waals surface area contributed by atoms with E-state index in [0.717, 1.165) is 34.2 Å². The van der Waals surface area contributed by atoms with E-state index in [2.05, 4.69) is 10.3 Å². The summed E-state index contributed by atoms with van der Waals surface area (Å²) in [5.41, 5.74) is 2.31. The third-order valence-corrected chi connectivity index (χ3v) is 6.19. The van der Waals surface area contributed by atoms with Crippen molar-refractivity contribution < 1.29 is 27.9 Å². The summed E-state index contributed by atoms with van der Waals surface area (Å²) in [4.78, 5) is 29.7. The average Bonchev–Trinajstić information content (AvgIpc) is 3.29. The number of carboxylic acid groups (broad SMARTS) is 1. The lowest BCUT2D eigenvalue weighted by molar-refractivity contribution is -0.137. The quantitative estimate of drug-likeness (QED) is 0.265. The smallest absolute Gasteiger partial charge is 0.416 e. The molecule has 0 saturated carbocycles. The predicted molar refractivity (Wildman–Crippen MR) is 134 cm³/mol. The Balaban J connectivity index is 1.53. The third kappa shape index (κ3) is 6.69. The Hall–Kier alpha value is -4.27. The van der Waals surface area contributed by atoms with E-state index in [1.54, 1.807) is 0 Å². The van der Waals surface area contributed by atoms with Crippen LogP contribution in [0.25, 0.3) is 10.9 Å². The maximum Gasteiger partial charge on any atom is 0.416 e. The van der Waals surface area contributed by atoms with E-state index in [1.165, 1.54) is 17.0 Å². The van der Waals surface area contributed by atoms with Crippen molar-refractivity contribution in [2.45, 2.75) is 25.7 Å². The van der Waals surface area contributed by atoms with Crippen LogP contribution in [0, 0.1) is 5.92 Å². The molecule has 4 aromatic rings. The fourth-order valence-corrected chi connectivity index (χ4v) is 4.23. The van der Waals surface area contributed by atoms with Gasteiger partial charge in [0.1, 0.15) is 0 Å². The Morgan fingerprint density at radius 1 is 0.919 bits per heavy atom. The second kappa shape index (κ2) is 11.2. The summed E-state index contributed by atoms with van der Waals surface area (Å²) in [7, 11) is 0. The maximum absolute atomic E-state index is 13.3. The summed E-state index contributed by atoms with van der Waals surface area (Å²) < 4.78 is 38.5. The molecule has 0 saturated heterocycles. The molecule has 3 aromatic carbocycles. The number of H-pyrrole nitrogens is 1. The van der Waals surface area contributed by atoms with Crippen LogP contribution < -0.4 is 5.32 Å². The minimum atomic E-state index is -4.44. The first kappa shape index (κ1) is 25.8. The number of rotatable bonds is 9. The van der Waals surface area contributed by atoms with Crippen LogP contribution in [0.5, 0.6) is 0 Å². The minimum absolute atomic E-state index is 0.0209. The number of aromatic nitrogens is 1. The summed E-state index contributed by atoms with van der Waals surface area (Å²) in [5, 5.41) is 13.6. The van der Waals surface area contributed by atoms with Crippen molar-refractivity contribution in [3.63, 3.8) is 0 Å². The first-order valence-corrected chi connectivity index (χ1v) is 11.7. The molecule has 0 unspecified atom stereocenters. The number of amides is 2. The summed E-state index contributed by atoms with van der Waals surface area (Å²) in [6.45, 7) is 0.0857. The standard InChI is InChI=1S/C28H26F3N3O3/c29-28(30,31)23-12-10-19(11-13-23)15-33-26(35)22(14-21-16-32-25-9-5-4-8-24(21)25)18-34(27(36)37)17-20-6-2-1-3-7-20/h1-13,16,22,32H,14-15,17-18H2,(H,33,35)(H,36,37)/t22-/m0/s1. The molecule has 0 aliphatic rings. The predicted octanol–water partition coefficient (Wildman–Crippen LogP) is 5.84. The molecular weight excluding hydrogens is 483 g/mol. The Morgan fingerprint density at radius 3 is 2.27 bits per heavy atom. The van der Waals surface area contributed by atoms with Crippen molar-refractivity contribution in [3.8, 4) is 0 Å². The zero-order valence-electron chi connectivity index (χ0n) is 19.8. The summed E-state index contributed by atoms with van der Waals surface area (Å²) in [6.07, 6.45) is -3.50. The van der Waals surface area contributed by atoms with E-state index in [9.17, 15) is 27.9 Å². The number of benzene rings is 3. The number of alkyl halides is 3. The van der Waals surface area contributed by atoms with E-state index in [4.69, 9.17) is 0 Å². The van der Waals surface area contributed by atoms with Gasteiger partial charge in [-0.1, -0.05) is 60.7 Å². The lowest BCUT2D eigenvalue weighted by atomic mass is 9.97. The summed E-state index contributed by atoms with van der Waals surface area (Å²) >= 11 is 0. The van der Waals surface area contributed by atoms with Gasteiger partial charge in [0.25, 0.3) is 0 Å². The summed E-state index contributed by atoms with van der Waals surface area (Å²) in [6, 6.07) is 21.3. The van der Waals surface area contributed by atoms with Crippen molar-refractivity contribution in [2.75, 3.05) is 6.54 Å². The van der Waals surface area contributed by atoms with Crippen molar-refractivity contribution >= 4 is 22.9 Å². The van der Waals surface area contributed by atoms with Gasteiger partial charge in [0.15, 0.2) is 0 Å². The van der Waals surface area contributed by atoms with Gasteiger partial charge in [0.2, 0.25) is 5.91 Å². The van der Waals surface area contributed by atoms with Crippen molar-refractivity contribution in [1.82, 2.24) is 15.2 Å². The third-order valence-electron chi connectivity index (χ3n) is 6.19. The number of hydrogen-bond acceptors (Lipinski definition) is 2. The van der Waals surface area contributed by atoms with Gasteiger partial charge in [0, 0.05) is 36.7 Å². The number of carbonyl (C=O) groups excluding carboxylic acids is 1. The molecule has 0 aliphatic heterocycles. The Labute approximate surface area is 211 Å². The number of aromatic amines is 1. The van der Waals surface area contributed by atoms with E-state index >= 15 is 0 Å². The van der Waals surface area contributed by atoms with E-state index in [0.29, 0.717) is 5.56 Å².